The molecule has 0 saturated carbocycles. The van der Waals surface area contributed by atoms with Crippen LogP contribution in [0.25, 0.3) is 0 Å². The molecule has 0 bridgehead atoms. The van der Waals surface area contributed by atoms with Crippen molar-refractivity contribution in [2.45, 2.75) is 0 Å². The van der Waals surface area contributed by atoms with Crippen LogP contribution in [0.4, 0.5) is 0 Å². The second kappa shape index (κ2) is 4.77. The van der Waals surface area contributed by atoms with E-state index in [1.807, 2.05) is 30.3 Å². The summed E-state index contributed by atoms with van der Waals surface area (Å²) in [6.07, 6.45) is 1.52. The second-order valence-electron chi connectivity index (χ2n) is 3.03. The highest BCUT2D eigenvalue weighted by molar-refractivity contribution is 9.10. The first-order chi connectivity index (χ1) is 7.79. The second-order valence-corrected chi connectivity index (χ2v) is 3.84. The summed E-state index contributed by atoms with van der Waals surface area (Å²) in [7, 11) is 0. The topological polar surface area (TPSA) is 45.9 Å². The fraction of sp³-hybridized carbons (Fsp3) is 0. The minimum atomic E-state index is 0.450. The first-order valence-corrected chi connectivity index (χ1v) is 5.37. The lowest BCUT2D eigenvalue weighted by Crippen LogP contribution is -1.89. The standard InChI is InChI=1S/C12H7BrN2O/c13-12-6-9(7-14)11(8-15-12)16-10-4-2-1-3-5-10/h1-6,8H. The molecule has 2 aromatic rings. The van der Waals surface area contributed by atoms with Crippen molar-refractivity contribution >= 4 is 15.9 Å². The Morgan fingerprint density at radius 3 is 2.69 bits per heavy atom. The lowest BCUT2D eigenvalue weighted by Gasteiger charge is -2.06. The van der Waals surface area contributed by atoms with Crippen LogP contribution in [0.3, 0.4) is 0 Å². The summed E-state index contributed by atoms with van der Waals surface area (Å²) in [4.78, 5) is 4.02. The molecule has 0 atom stereocenters. The minimum Gasteiger partial charge on any atom is -0.454 e. The van der Waals surface area contributed by atoms with Crippen LogP contribution in [0.2, 0.25) is 0 Å². The predicted octanol–water partition coefficient (Wildman–Crippen LogP) is 3.51. The highest BCUT2D eigenvalue weighted by Gasteiger charge is 2.05. The Hall–Kier alpha value is -1.86. The fourth-order valence-corrected chi connectivity index (χ4v) is 1.53. The van der Waals surface area contributed by atoms with Crippen molar-refractivity contribution in [2.24, 2.45) is 0 Å². The maximum Gasteiger partial charge on any atom is 0.163 e. The summed E-state index contributed by atoms with van der Waals surface area (Å²) in [5.41, 5.74) is 0.450. The highest BCUT2D eigenvalue weighted by Crippen LogP contribution is 2.25. The van der Waals surface area contributed by atoms with Gasteiger partial charge in [0.25, 0.3) is 0 Å². The summed E-state index contributed by atoms with van der Waals surface area (Å²) < 4.78 is 6.16. The number of halogens is 1. The van der Waals surface area contributed by atoms with Crippen molar-refractivity contribution in [3.63, 3.8) is 0 Å². The molecule has 0 saturated heterocycles. The van der Waals surface area contributed by atoms with Gasteiger partial charge in [0.05, 0.1) is 11.8 Å². The van der Waals surface area contributed by atoms with E-state index in [0.717, 1.165) is 0 Å². The van der Waals surface area contributed by atoms with Crippen LogP contribution in [0, 0.1) is 11.3 Å². The normalized spacial score (nSPS) is 9.50. The van der Waals surface area contributed by atoms with Crippen LogP contribution in [0.1, 0.15) is 5.56 Å². The number of para-hydroxylation sites is 1. The highest BCUT2D eigenvalue weighted by atomic mass is 79.9. The van der Waals surface area contributed by atoms with Crippen LogP contribution in [0.5, 0.6) is 11.5 Å². The number of nitrogens with zero attached hydrogens (tertiary/aromatic N) is 2. The van der Waals surface area contributed by atoms with Gasteiger partial charge in [0.2, 0.25) is 0 Å². The molecule has 1 aromatic heterocycles. The van der Waals surface area contributed by atoms with Crippen LogP contribution in [0.15, 0.2) is 47.2 Å². The molecule has 0 aliphatic heterocycles. The molecule has 0 spiro atoms. The number of ether oxygens (including phenoxy) is 1. The fourth-order valence-electron chi connectivity index (χ4n) is 1.20. The molecule has 1 heterocycles. The summed E-state index contributed by atoms with van der Waals surface area (Å²) in [6, 6.07) is 13.0. The van der Waals surface area contributed by atoms with Gasteiger partial charge in [-0.2, -0.15) is 5.26 Å². The lowest BCUT2D eigenvalue weighted by atomic mass is 10.3. The van der Waals surface area contributed by atoms with Gasteiger partial charge in [0, 0.05) is 0 Å². The molecule has 2 rings (SSSR count). The van der Waals surface area contributed by atoms with E-state index in [0.29, 0.717) is 21.7 Å². The third-order valence-electron chi connectivity index (χ3n) is 1.93. The molecule has 0 aliphatic carbocycles. The molecule has 1 aromatic carbocycles. The molecule has 0 amide bonds. The Labute approximate surface area is 101 Å². The monoisotopic (exact) mass is 274 g/mol. The van der Waals surface area contributed by atoms with Crippen LogP contribution in [-0.4, -0.2) is 4.98 Å². The van der Waals surface area contributed by atoms with E-state index in [1.165, 1.54) is 6.20 Å². The van der Waals surface area contributed by atoms with Crippen LogP contribution in [-0.2, 0) is 0 Å². The largest absolute Gasteiger partial charge is 0.454 e. The molecular weight excluding hydrogens is 268 g/mol. The van der Waals surface area contributed by atoms with E-state index >= 15 is 0 Å². The first-order valence-electron chi connectivity index (χ1n) is 4.58. The van der Waals surface area contributed by atoms with Crippen LogP contribution < -0.4 is 4.74 Å². The van der Waals surface area contributed by atoms with E-state index in [9.17, 15) is 0 Å². The zero-order chi connectivity index (χ0) is 11.4. The Balaban J connectivity index is 2.32. The van der Waals surface area contributed by atoms with Gasteiger partial charge in [0.1, 0.15) is 16.4 Å². The van der Waals surface area contributed by atoms with Crippen molar-refractivity contribution in [1.82, 2.24) is 4.98 Å². The van der Waals surface area contributed by atoms with E-state index in [-0.39, 0.29) is 0 Å². The van der Waals surface area contributed by atoms with E-state index in [4.69, 9.17) is 10.00 Å². The number of nitriles is 1. The average molecular weight is 275 g/mol. The van der Waals surface area contributed by atoms with Crippen molar-refractivity contribution in [3.05, 3.63) is 52.8 Å². The van der Waals surface area contributed by atoms with E-state index in [1.54, 1.807) is 6.07 Å². The molecule has 0 radical (unpaired) electrons. The van der Waals surface area contributed by atoms with E-state index in [2.05, 4.69) is 27.0 Å². The number of rotatable bonds is 2. The average Bonchev–Trinajstić information content (AvgIpc) is 2.33. The summed E-state index contributed by atoms with van der Waals surface area (Å²) >= 11 is 3.20. The molecule has 78 valence electrons. The number of hydrogen-bond donors (Lipinski definition) is 0. The van der Waals surface area contributed by atoms with Crippen LogP contribution >= 0.6 is 15.9 Å². The quantitative estimate of drug-likeness (QED) is 0.788. The summed E-state index contributed by atoms with van der Waals surface area (Å²) in [5.74, 6) is 1.14. The molecule has 0 aliphatic rings. The van der Waals surface area contributed by atoms with Gasteiger partial charge >= 0.3 is 0 Å². The Morgan fingerprint density at radius 2 is 2.00 bits per heavy atom. The smallest absolute Gasteiger partial charge is 0.163 e. The van der Waals surface area contributed by atoms with Gasteiger partial charge in [-0.05, 0) is 34.1 Å². The first kappa shape index (κ1) is 10.7. The zero-order valence-electron chi connectivity index (χ0n) is 8.22. The Kier molecular flexibility index (Phi) is 3.18. The van der Waals surface area contributed by atoms with Gasteiger partial charge in [-0.25, -0.2) is 4.98 Å². The molecular formula is C12H7BrN2O. The van der Waals surface area contributed by atoms with Gasteiger partial charge < -0.3 is 4.74 Å². The number of benzene rings is 1. The third kappa shape index (κ3) is 2.38. The maximum atomic E-state index is 8.94. The van der Waals surface area contributed by atoms with Crippen molar-refractivity contribution in [1.29, 1.82) is 5.26 Å². The Bertz CT molecular complexity index is 534. The van der Waals surface area contributed by atoms with Crippen molar-refractivity contribution < 1.29 is 4.74 Å². The maximum absolute atomic E-state index is 8.94. The zero-order valence-corrected chi connectivity index (χ0v) is 9.81. The van der Waals surface area contributed by atoms with E-state index < -0.39 is 0 Å². The number of hydrogen-bond acceptors (Lipinski definition) is 3. The molecule has 0 unspecified atom stereocenters. The molecule has 0 fully saturated rings. The van der Waals surface area contributed by atoms with Gasteiger partial charge in [0.15, 0.2) is 5.75 Å². The molecule has 16 heavy (non-hydrogen) atoms. The van der Waals surface area contributed by atoms with Gasteiger partial charge in [-0.15, -0.1) is 0 Å². The molecule has 4 heteroatoms. The number of pyridine rings is 1. The third-order valence-corrected chi connectivity index (χ3v) is 2.36. The lowest BCUT2D eigenvalue weighted by molar-refractivity contribution is 0.478. The summed E-state index contributed by atoms with van der Waals surface area (Å²) in [5, 5.41) is 8.94. The molecule has 0 N–H and O–H groups in total. The summed E-state index contributed by atoms with van der Waals surface area (Å²) in [6.45, 7) is 0. The van der Waals surface area contributed by atoms with Gasteiger partial charge in [-0.3, -0.25) is 0 Å². The minimum absolute atomic E-state index is 0.450. The van der Waals surface area contributed by atoms with Gasteiger partial charge in [-0.1, -0.05) is 18.2 Å². The van der Waals surface area contributed by atoms with Crippen molar-refractivity contribution in [2.75, 3.05) is 0 Å². The number of aromatic nitrogens is 1. The SMILES string of the molecule is N#Cc1cc(Br)ncc1Oc1ccccc1. The predicted molar refractivity (Wildman–Crippen MR) is 63.2 cm³/mol. The Morgan fingerprint density at radius 1 is 1.25 bits per heavy atom. The van der Waals surface area contributed by atoms with Crippen molar-refractivity contribution in [3.8, 4) is 17.6 Å². The molecule has 3 nitrogen and oxygen atoms in total.